The molecule has 0 spiro atoms. The molecular formula is C28H27N3O4S. The number of ether oxygens (including phenoxy) is 2. The maximum atomic E-state index is 13.1. The SMILES string of the molecule is CCOCCN1C(=O)/C(=C/c2ccc(OCC(=O)Nc3ccccc3)cc2)SC1=Nc1ccccc1. The molecule has 1 aliphatic heterocycles. The summed E-state index contributed by atoms with van der Waals surface area (Å²) in [7, 11) is 0. The van der Waals surface area contributed by atoms with Crippen molar-refractivity contribution >= 4 is 46.2 Å². The average molecular weight is 502 g/mol. The van der Waals surface area contributed by atoms with Crippen LogP contribution in [0, 0.1) is 0 Å². The monoisotopic (exact) mass is 501 g/mol. The molecule has 1 saturated heterocycles. The zero-order valence-electron chi connectivity index (χ0n) is 19.9. The van der Waals surface area contributed by atoms with Crippen molar-refractivity contribution in [3.05, 3.63) is 95.4 Å². The standard InChI is InChI=1S/C28H27N3O4S/c1-2-34-18-17-31-27(33)25(36-28(31)30-23-11-7-4-8-12-23)19-21-13-15-24(16-14-21)35-20-26(32)29-22-9-5-3-6-10-22/h3-16,19H,2,17-18,20H2,1H3,(H,29,32)/b25-19-,30-28?. The van der Waals surface area contributed by atoms with Crippen LogP contribution in [0.4, 0.5) is 11.4 Å². The predicted octanol–water partition coefficient (Wildman–Crippen LogP) is 5.34. The number of carbonyl (C=O) groups excluding carboxylic acids is 2. The fourth-order valence-corrected chi connectivity index (χ4v) is 4.41. The number of nitrogens with zero attached hydrogens (tertiary/aromatic N) is 2. The van der Waals surface area contributed by atoms with Crippen LogP contribution < -0.4 is 10.1 Å². The molecule has 8 heteroatoms. The van der Waals surface area contributed by atoms with Crippen molar-refractivity contribution in [1.29, 1.82) is 0 Å². The zero-order valence-corrected chi connectivity index (χ0v) is 20.7. The maximum absolute atomic E-state index is 13.1. The molecule has 0 aromatic heterocycles. The van der Waals surface area contributed by atoms with Gasteiger partial charge in [0.1, 0.15) is 5.75 Å². The molecule has 3 aromatic rings. The third-order valence-electron chi connectivity index (χ3n) is 5.14. The van der Waals surface area contributed by atoms with Crippen LogP contribution in [-0.4, -0.2) is 48.2 Å². The number of rotatable bonds is 10. The summed E-state index contributed by atoms with van der Waals surface area (Å²) in [5.41, 5.74) is 2.35. The molecule has 0 aliphatic carbocycles. The summed E-state index contributed by atoms with van der Waals surface area (Å²) in [6.07, 6.45) is 1.83. The lowest BCUT2D eigenvalue weighted by Crippen LogP contribution is -2.32. The van der Waals surface area contributed by atoms with E-state index in [9.17, 15) is 9.59 Å². The highest BCUT2D eigenvalue weighted by Crippen LogP contribution is 2.34. The average Bonchev–Trinajstić information content (AvgIpc) is 3.18. The molecule has 7 nitrogen and oxygen atoms in total. The summed E-state index contributed by atoms with van der Waals surface area (Å²) < 4.78 is 11.1. The van der Waals surface area contributed by atoms with Crippen molar-refractivity contribution in [2.75, 3.05) is 31.7 Å². The van der Waals surface area contributed by atoms with Crippen molar-refractivity contribution in [3.8, 4) is 5.75 Å². The van der Waals surface area contributed by atoms with Gasteiger partial charge in [-0.15, -0.1) is 0 Å². The van der Waals surface area contributed by atoms with Crippen LogP contribution in [0.25, 0.3) is 6.08 Å². The van der Waals surface area contributed by atoms with E-state index in [-0.39, 0.29) is 18.4 Å². The number of amidine groups is 1. The number of para-hydroxylation sites is 2. The quantitative estimate of drug-likeness (QED) is 0.299. The van der Waals surface area contributed by atoms with E-state index in [0.29, 0.717) is 35.6 Å². The van der Waals surface area contributed by atoms with E-state index in [0.717, 1.165) is 16.9 Å². The first kappa shape index (κ1) is 25.2. The predicted molar refractivity (Wildman–Crippen MR) is 144 cm³/mol. The zero-order chi connectivity index (χ0) is 25.2. The second-order valence-corrected chi connectivity index (χ2v) is 8.78. The number of nitrogens with one attached hydrogen (secondary N) is 1. The molecule has 184 valence electrons. The largest absolute Gasteiger partial charge is 0.484 e. The highest BCUT2D eigenvalue weighted by Gasteiger charge is 2.33. The lowest BCUT2D eigenvalue weighted by atomic mass is 10.2. The Morgan fingerprint density at radius 2 is 1.69 bits per heavy atom. The van der Waals surface area contributed by atoms with E-state index in [1.54, 1.807) is 17.0 Å². The van der Waals surface area contributed by atoms with Gasteiger partial charge in [-0.1, -0.05) is 48.5 Å². The highest BCUT2D eigenvalue weighted by molar-refractivity contribution is 8.18. The van der Waals surface area contributed by atoms with Gasteiger partial charge in [-0.3, -0.25) is 14.5 Å². The van der Waals surface area contributed by atoms with Gasteiger partial charge in [0.2, 0.25) is 0 Å². The van der Waals surface area contributed by atoms with Crippen LogP contribution in [0.1, 0.15) is 12.5 Å². The molecule has 0 unspecified atom stereocenters. The number of benzene rings is 3. The van der Waals surface area contributed by atoms with Crippen molar-refractivity contribution in [1.82, 2.24) is 4.90 Å². The van der Waals surface area contributed by atoms with Gasteiger partial charge in [-0.25, -0.2) is 4.99 Å². The minimum absolute atomic E-state index is 0.0994. The van der Waals surface area contributed by atoms with Crippen molar-refractivity contribution in [2.45, 2.75) is 6.92 Å². The van der Waals surface area contributed by atoms with Gasteiger partial charge in [-0.2, -0.15) is 0 Å². The molecule has 1 N–H and O–H groups in total. The number of anilines is 1. The van der Waals surface area contributed by atoms with Crippen LogP contribution >= 0.6 is 11.8 Å². The fourth-order valence-electron chi connectivity index (χ4n) is 3.38. The Morgan fingerprint density at radius 3 is 2.39 bits per heavy atom. The molecule has 0 bridgehead atoms. The van der Waals surface area contributed by atoms with Gasteiger partial charge in [0.25, 0.3) is 11.8 Å². The van der Waals surface area contributed by atoms with Gasteiger partial charge in [0, 0.05) is 12.3 Å². The maximum Gasteiger partial charge on any atom is 0.266 e. The van der Waals surface area contributed by atoms with Gasteiger partial charge >= 0.3 is 0 Å². The minimum atomic E-state index is -0.238. The molecule has 3 aromatic carbocycles. The molecule has 1 fully saturated rings. The van der Waals surface area contributed by atoms with Crippen LogP contribution in [-0.2, 0) is 14.3 Å². The Hall–Kier alpha value is -3.88. The third kappa shape index (κ3) is 7.07. The van der Waals surface area contributed by atoms with Gasteiger partial charge in [0.15, 0.2) is 11.8 Å². The minimum Gasteiger partial charge on any atom is -0.484 e. The summed E-state index contributed by atoms with van der Waals surface area (Å²) >= 11 is 1.34. The molecule has 0 atom stereocenters. The third-order valence-corrected chi connectivity index (χ3v) is 6.14. The molecule has 0 saturated carbocycles. The Bertz CT molecular complexity index is 1230. The van der Waals surface area contributed by atoms with Crippen LogP contribution in [0.3, 0.4) is 0 Å². The number of hydrogen-bond donors (Lipinski definition) is 1. The topological polar surface area (TPSA) is 80.2 Å². The first-order valence-electron chi connectivity index (χ1n) is 11.6. The second kappa shape index (κ2) is 12.7. The van der Waals surface area contributed by atoms with E-state index < -0.39 is 0 Å². The molecule has 36 heavy (non-hydrogen) atoms. The van der Waals surface area contributed by atoms with E-state index in [1.807, 2.05) is 85.8 Å². The van der Waals surface area contributed by atoms with Crippen LogP contribution in [0.5, 0.6) is 5.75 Å². The number of hydrogen-bond acceptors (Lipinski definition) is 6. The summed E-state index contributed by atoms with van der Waals surface area (Å²) in [4.78, 5) is 32.1. The van der Waals surface area contributed by atoms with Crippen molar-refractivity contribution in [3.63, 3.8) is 0 Å². The number of thioether (sulfide) groups is 1. The highest BCUT2D eigenvalue weighted by atomic mass is 32.2. The molecule has 1 aliphatic rings. The first-order chi connectivity index (χ1) is 17.6. The normalized spacial score (nSPS) is 15.5. The molecule has 1 heterocycles. The fraction of sp³-hybridized carbons (Fsp3) is 0.179. The Labute approximate surface area is 214 Å². The van der Waals surface area contributed by atoms with Gasteiger partial charge in [-0.05, 0) is 66.7 Å². The Balaban J connectivity index is 1.41. The summed E-state index contributed by atoms with van der Waals surface area (Å²) in [5, 5.41) is 3.41. The summed E-state index contributed by atoms with van der Waals surface area (Å²) in [5.74, 6) is 0.223. The van der Waals surface area contributed by atoms with E-state index in [4.69, 9.17) is 9.47 Å². The van der Waals surface area contributed by atoms with Crippen LogP contribution in [0.2, 0.25) is 0 Å². The van der Waals surface area contributed by atoms with E-state index in [2.05, 4.69) is 10.3 Å². The van der Waals surface area contributed by atoms with Crippen LogP contribution in [0.15, 0.2) is 94.8 Å². The summed E-state index contributed by atoms with van der Waals surface area (Å²) in [6, 6.07) is 26.0. The smallest absolute Gasteiger partial charge is 0.266 e. The molecular weight excluding hydrogens is 474 g/mol. The number of amides is 2. The number of carbonyl (C=O) groups is 2. The Kier molecular flexibility index (Phi) is 8.91. The Morgan fingerprint density at radius 1 is 1.00 bits per heavy atom. The molecule has 2 amide bonds. The van der Waals surface area contributed by atoms with E-state index in [1.165, 1.54) is 11.8 Å². The van der Waals surface area contributed by atoms with Crippen molar-refractivity contribution in [2.24, 2.45) is 4.99 Å². The summed E-state index contributed by atoms with van der Waals surface area (Å²) in [6.45, 7) is 3.28. The lowest BCUT2D eigenvalue weighted by molar-refractivity contribution is -0.122. The van der Waals surface area contributed by atoms with Gasteiger partial charge < -0.3 is 14.8 Å². The second-order valence-electron chi connectivity index (χ2n) is 7.77. The van der Waals surface area contributed by atoms with Gasteiger partial charge in [0.05, 0.1) is 23.7 Å². The number of aliphatic imine (C=N–C) groups is 1. The lowest BCUT2D eigenvalue weighted by Gasteiger charge is -2.15. The molecule has 4 rings (SSSR count). The first-order valence-corrected chi connectivity index (χ1v) is 12.4. The van der Waals surface area contributed by atoms with E-state index >= 15 is 0 Å². The van der Waals surface area contributed by atoms with Crippen molar-refractivity contribution < 1.29 is 19.1 Å². The molecule has 0 radical (unpaired) electrons.